The first kappa shape index (κ1) is 12.5. The van der Waals surface area contributed by atoms with E-state index in [2.05, 4.69) is 5.32 Å². The standard InChI is InChI=1S/C14H19NO.H2/c1-4-13(14(16)11(2)3)15-10-12-8-6-5-7-9-12;/h4-9,11,15H,10H2,1-3H3;1H/b13-4-;. The van der Waals surface area contributed by atoms with Gasteiger partial charge in [0, 0.05) is 13.9 Å². The molecule has 0 aliphatic rings. The molecule has 0 bridgehead atoms. The third-order valence-electron chi connectivity index (χ3n) is 2.40. The number of carbonyl (C=O) groups is 1. The molecule has 0 saturated carbocycles. The van der Waals surface area contributed by atoms with Crippen LogP contribution < -0.4 is 5.32 Å². The van der Waals surface area contributed by atoms with E-state index in [1.807, 2.05) is 57.2 Å². The molecule has 1 N–H and O–H groups in total. The largest absolute Gasteiger partial charge is 0.378 e. The van der Waals surface area contributed by atoms with Crippen LogP contribution in [0.15, 0.2) is 42.1 Å². The number of ketones is 1. The van der Waals surface area contributed by atoms with Crippen LogP contribution in [0.5, 0.6) is 0 Å². The molecule has 2 nitrogen and oxygen atoms in total. The molecule has 0 unspecified atom stereocenters. The van der Waals surface area contributed by atoms with E-state index in [0.29, 0.717) is 12.2 Å². The minimum Gasteiger partial charge on any atom is -0.378 e. The summed E-state index contributed by atoms with van der Waals surface area (Å²) in [5.41, 5.74) is 1.89. The van der Waals surface area contributed by atoms with Crippen LogP contribution in [-0.4, -0.2) is 5.78 Å². The van der Waals surface area contributed by atoms with Crippen LogP contribution in [0.2, 0.25) is 0 Å². The Morgan fingerprint density at radius 2 is 2.00 bits per heavy atom. The highest BCUT2D eigenvalue weighted by Gasteiger charge is 2.11. The highest BCUT2D eigenvalue weighted by atomic mass is 16.1. The average Bonchev–Trinajstić information content (AvgIpc) is 2.30. The average molecular weight is 219 g/mol. The van der Waals surface area contributed by atoms with Crippen molar-refractivity contribution < 1.29 is 6.22 Å². The van der Waals surface area contributed by atoms with E-state index in [4.69, 9.17) is 0 Å². The summed E-state index contributed by atoms with van der Waals surface area (Å²) in [5, 5.41) is 3.18. The fourth-order valence-electron chi connectivity index (χ4n) is 1.44. The maximum atomic E-state index is 11.8. The number of rotatable bonds is 5. The third-order valence-corrected chi connectivity index (χ3v) is 2.40. The predicted octanol–water partition coefficient (Wildman–Crippen LogP) is 3.15. The van der Waals surface area contributed by atoms with E-state index >= 15 is 0 Å². The first-order valence-electron chi connectivity index (χ1n) is 5.63. The van der Waals surface area contributed by atoms with Crippen LogP contribution in [0, 0.1) is 5.92 Å². The fourth-order valence-corrected chi connectivity index (χ4v) is 1.44. The third kappa shape index (κ3) is 3.54. The zero-order chi connectivity index (χ0) is 12.0. The van der Waals surface area contributed by atoms with Crippen molar-refractivity contribution in [3.05, 3.63) is 47.7 Å². The summed E-state index contributed by atoms with van der Waals surface area (Å²) >= 11 is 0. The topological polar surface area (TPSA) is 29.1 Å². The van der Waals surface area contributed by atoms with Crippen molar-refractivity contribution in [2.24, 2.45) is 5.92 Å². The van der Waals surface area contributed by atoms with Crippen molar-refractivity contribution in [2.75, 3.05) is 0 Å². The smallest absolute Gasteiger partial charge is 0.180 e. The summed E-state index contributed by atoms with van der Waals surface area (Å²) in [6.45, 7) is 6.40. The van der Waals surface area contributed by atoms with Crippen LogP contribution in [0.4, 0.5) is 0 Å². The van der Waals surface area contributed by atoms with Gasteiger partial charge in [0.1, 0.15) is 0 Å². The minimum atomic E-state index is 0. The summed E-state index contributed by atoms with van der Waals surface area (Å²) in [5.74, 6) is 0.202. The Balaban J connectivity index is 0.00000256. The molecule has 0 amide bonds. The minimum absolute atomic E-state index is 0. The molecule has 16 heavy (non-hydrogen) atoms. The fraction of sp³-hybridized carbons (Fsp3) is 0.357. The zero-order valence-electron chi connectivity index (χ0n) is 10.2. The lowest BCUT2D eigenvalue weighted by molar-refractivity contribution is -0.118. The van der Waals surface area contributed by atoms with Crippen molar-refractivity contribution in [3.8, 4) is 0 Å². The molecule has 0 radical (unpaired) electrons. The zero-order valence-corrected chi connectivity index (χ0v) is 10.2. The second-order valence-electron chi connectivity index (χ2n) is 4.06. The van der Waals surface area contributed by atoms with Gasteiger partial charge in [0.2, 0.25) is 0 Å². The van der Waals surface area contributed by atoms with Gasteiger partial charge in [-0.1, -0.05) is 50.3 Å². The van der Waals surface area contributed by atoms with E-state index in [0.717, 1.165) is 0 Å². The quantitative estimate of drug-likeness (QED) is 0.771. The van der Waals surface area contributed by atoms with Gasteiger partial charge in [-0.3, -0.25) is 4.79 Å². The van der Waals surface area contributed by atoms with Gasteiger partial charge in [-0.15, -0.1) is 0 Å². The van der Waals surface area contributed by atoms with Gasteiger partial charge >= 0.3 is 0 Å². The number of nitrogens with one attached hydrogen (secondary N) is 1. The van der Waals surface area contributed by atoms with Gasteiger partial charge in [-0.05, 0) is 12.5 Å². The molecule has 0 atom stereocenters. The Hall–Kier alpha value is -1.57. The molecule has 0 aliphatic heterocycles. The SMILES string of the molecule is C/C=C(\NCc1ccccc1)C(=O)C(C)C.[HH]. The summed E-state index contributed by atoms with van der Waals surface area (Å²) in [6.07, 6.45) is 1.84. The molecule has 0 fully saturated rings. The van der Waals surface area contributed by atoms with Gasteiger partial charge in [0.15, 0.2) is 5.78 Å². The second kappa shape index (κ2) is 6.11. The van der Waals surface area contributed by atoms with Crippen molar-refractivity contribution in [2.45, 2.75) is 27.3 Å². The Morgan fingerprint density at radius 1 is 1.38 bits per heavy atom. The highest BCUT2D eigenvalue weighted by molar-refractivity contribution is 5.96. The van der Waals surface area contributed by atoms with Crippen LogP contribution in [0.25, 0.3) is 0 Å². The summed E-state index contributed by atoms with van der Waals surface area (Å²) in [7, 11) is 0. The van der Waals surface area contributed by atoms with Crippen molar-refractivity contribution in [3.63, 3.8) is 0 Å². The van der Waals surface area contributed by atoms with Gasteiger partial charge < -0.3 is 5.32 Å². The summed E-state index contributed by atoms with van der Waals surface area (Å²) in [6, 6.07) is 10.1. The number of hydrogen-bond donors (Lipinski definition) is 1. The maximum absolute atomic E-state index is 11.8. The molecule has 1 aromatic carbocycles. The summed E-state index contributed by atoms with van der Waals surface area (Å²) < 4.78 is 0. The van der Waals surface area contributed by atoms with Crippen LogP contribution in [0.3, 0.4) is 0 Å². The normalized spacial score (nSPS) is 11.6. The Labute approximate surface area is 98.9 Å². The molecular weight excluding hydrogens is 198 g/mol. The van der Waals surface area contributed by atoms with Gasteiger partial charge in [-0.2, -0.15) is 0 Å². The molecular formula is C14H21NO. The lowest BCUT2D eigenvalue weighted by Gasteiger charge is -2.11. The molecule has 0 saturated heterocycles. The molecule has 0 aromatic heterocycles. The molecule has 0 aliphatic carbocycles. The van der Waals surface area contributed by atoms with Crippen LogP contribution in [-0.2, 0) is 11.3 Å². The number of Topliss-reactive ketones (excluding diaryl/α,β-unsaturated/α-hetero) is 1. The first-order chi connectivity index (χ1) is 7.65. The van der Waals surface area contributed by atoms with Gasteiger partial charge in [0.25, 0.3) is 0 Å². The first-order valence-corrected chi connectivity index (χ1v) is 5.63. The van der Waals surface area contributed by atoms with Gasteiger partial charge in [-0.25, -0.2) is 0 Å². The molecule has 0 heterocycles. The van der Waals surface area contributed by atoms with E-state index in [-0.39, 0.29) is 13.1 Å². The van der Waals surface area contributed by atoms with E-state index < -0.39 is 0 Å². The van der Waals surface area contributed by atoms with Crippen LogP contribution >= 0.6 is 0 Å². The number of allylic oxidation sites excluding steroid dienone is 2. The lowest BCUT2D eigenvalue weighted by Crippen LogP contribution is -2.23. The molecule has 1 aromatic rings. The van der Waals surface area contributed by atoms with E-state index in [9.17, 15) is 4.79 Å². The lowest BCUT2D eigenvalue weighted by atomic mass is 10.1. The maximum Gasteiger partial charge on any atom is 0.180 e. The Kier molecular flexibility index (Phi) is 4.77. The van der Waals surface area contributed by atoms with Crippen molar-refractivity contribution in [1.82, 2.24) is 5.32 Å². The van der Waals surface area contributed by atoms with Crippen molar-refractivity contribution >= 4 is 5.78 Å². The van der Waals surface area contributed by atoms with Crippen LogP contribution in [0.1, 0.15) is 27.8 Å². The van der Waals surface area contributed by atoms with E-state index in [1.54, 1.807) is 0 Å². The Bertz CT molecular complexity index is 371. The second-order valence-corrected chi connectivity index (χ2v) is 4.06. The summed E-state index contributed by atoms with van der Waals surface area (Å²) in [4.78, 5) is 11.8. The Morgan fingerprint density at radius 3 is 2.50 bits per heavy atom. The molecule has 2 heteroatoms. The van der Waals surface area contributed by atoms with Gasteiger partial charge in [0.05, 0.1) is 5.70 Å². The molecule has 1 rings (SSSR count). The predicted molar refractivity (Wildman–Crippen MR) is 69.0 cm³/mol. The van der Waals surface area contributed by atoms with E-state index in [1.165, 1.54) is 5.56 Å². The number of benzene rings is 1. The number of carbonyl (C=O) groups excluding carboxylic acids is 1. The monoisotopic (exact) mass is 219 g/mol. The molecule has 88 valence electrons. The highest BCUT2D eigenvalue weighted by Crippen LogP contribution is 2.05. The number of hydrogen-bond acceptors (Lipinski definition) is 2. The molecule has 0 spiro atoms. The van der Waals surface area contributed by atoms with Crippen molar-refractivity contribution in [1.29, 1.82) is 0 Å².